The lowest BCUT2D eigenvalue weighted by atomic mass is 10.1. The first kappa shape index (κ1) is 17.1. The number of benzene rings is 2. The third kappa shape index (κ3) is 4.42. The summed E-state index contributed by atoms with van der Waals surface area (Å²) in [6.07, 6.45) is 0.0275. The second-order valence-corrected chi connectivity index (χ2v) is 6.13. The fourth-order valence-corrected chi connectivity index (χ4v) is 3.18. The maximum absolute atomic E-state index is 12.2. The summed E-state index contributed by atoms with van der Waals surface area (Å²) in [5.74, 6) is 0.442. The second kappa shape index (κ2) is 7.43. The van der Waals surface area contributed by atoms with E-state index in [1.807, 2.05) is 12.1 Å². The summed E-state index contributed by atoms with van der Waals surface area (Å²) in [7, 11) is 1.58. The van der Waals surface area contributed by atoms with Crippen molar-refractivity contribution < 1.29 is 23.0 Å². The summed E-state index contributed by atoms with van der Waals surface area (Å²) in [5, 5.41) is 3.18. The number of nitrogens with zero attached hydrogens (tertiary/aromatic N) is 1. The normalized spacial score (nSPS) is 10.9. The molecule has 130 valence electrons. The van der Waals surface area contributed by atoms with Crippen LogP contribution < -0.4 is 14.8 Å². The van der Waals surface area contributed by atoms with Crippen LogP contribution in [0.4, 0.5) is 13.9 Å². The molecule has 0 atom stereocenters. The van der Waals surface area contributed by atoms with Gasteiger partial charge in [0, 0.05) is 0 Å². The number of hydrogen-bond donors (Lipinski definition) is 1. The first-order valence-electron chi connectivity index (χ1n) is 7.31. The predicted molar refractivity (Wildman–Crippen MR) is 91.6 cm³/mol. The lowest BCUT2D eigenvalue weighted by Crippen LogP contribution is -2.14. The first-order chi connectivity index (χ1) is 12.0. The average molecular weight is 364 g/mol. The van der Waals surface area contributed by atoms with Gasteiger partial charge in [-0.3, -0.25) is 4.79 Å². The third-order valence-electron chi connectivity index (χ3n) is 3.33. The fourth-order valence-electron chi connectivity index (χ4n) is 2.27. The number of halogens is 2. The van der Waals surface area contributed by atoms with E-state index in [2.05, 4.69) is 15.0 Å². The van der Waals surface area contributed by atoms with Gasteiger partial charge in [-0.05, 0) is 35.9 Å². The molecule has 0 spiro atoms. The molecule has 5 nitrogen and oxygen atoms in total. The number of alkyl halides is 2. The summed E-state index contributed by atoms with van der Waals surface area (Å²) in [5.41, 5.74) is 1.33. The number of anilines is 1. The molecule has 1 amide bonds. The Balaban J connectivity index is 1.68. The highest BCUT2D eigenvalue weighted by molar-refractivity contribution is 7.22. The Labute approximate surface area is 146 Å². The zero-order valence-electron chi connectivity index (χ0n) is 13.2. The molecule has 0 radical (unpaired) electrons. The van der Waals surface area contributed by atoms with E-state index in [1.165, 1.54) is 23.5 Å². The quantitative estimate of drug-likeness (QED) is 0.716. The molecule has 0 fully saturated rings. The SMILES string of the molecule is COc1ccc2nc(NC(=O)Cc3cccc(OC(F)F)c3)sc2c1. The van der Waals surface area contributed by atoms with Crippen LogP contribution in [0.5, 0.6) is 11.5 Å². The molecule has 0 aliphatic rings. The smallest absolute Gasteiger partial charge is 0.387 e. The molecule has 2 aromatic carbocycles. The van der Waals surface area contributed by atoms with E-state index in [-0.39, 0.29) is 18.1 Å². The number of hydrogen-bond acceptors (Lipinski definition) is 5. The van der Waals surface area contributed by atoms with E-state index in [9.17, 15) is 13.6 Å². The van der Waals surface area contributed by atoms with Crippen LogP contribution in [-0.4, -0.2) is 24.6 Å². The number of fused-ring (bicyclic) bond motifs is 1. The van der Waals surface area contributed by atoms with Crippen LogP contribution in [0.1, 0.15) is 5.56 Å². The molecule has 0 aliphatic heterocycles. The van der Waals surface area contributed by atoms with E-state index in [0.29, 0.717) is 16.4 Å². The van der Waals surface area contributed by atoms with Gasteiger partial charge in [-0.15, -0.1) is 0 Å². The maximum Gasteiger partial charge on any atom is 0.387 e. The number of thiazole rings is 1. The van der Waals surface area contributed by atoms with Gasteiger partial charge < -0.3 is 14.8 Å². The van der Waals surface area contributed by atoms with Crippen LogP contribution >= 0.6 is 11.3 Å². The van der Waals surface area contributed by atoms with Gasteiger partial charge in [-0.25, -0.2) is 4.98 Å². The summed E-state index contributed by atoms with van der Waals surface area (Å²) in [6, 6.07) is 11.5. The van der Waals surface area contributed by atoms with Crippen LogP contribution in [0, 0.1) is 0 Å². The van der Waals surface area contributed by atoms with Gasteiger partial charge in [0.1, 0.15) is 11.5 Å². The van der Waals surface area contributed by atoms with E-state index >= 15 is 0 Å². The Kier molecular flexibility index (Phi) is 5.08. The van der Waals surface area contributed by atoms with E-state index in [1.54, 1.807) is 25.3 Å². The number of ether oxygens (including phenoxy) is 2. The number of methoxy groups -OCH3 is 1. The van der Waals surface area contributed by atoms with Crippen molar-refractivity contribution in [3.8, 4) is 11.5 Å². The van der Waals surface area contributed by atoms with Crippen molar-refractivity contribution in [2.24, 2.45) is 0 Å². The Morgan fingerprint density at radius 2 is 2.08 bits per heavy atom. The number of aromatic nitrogens is 1. The summed E-state index contributed by atoms with van der Waals surface area (Å²) >= 11 is 1.33. The van der Waals surface area contributed by atoms with Crippen LogP contribution in [-0.2, 0) is 11.2 Å². The summed E-state index contributed by atoms with van der Waals surface area (Å²) in [4.78, 5) is 16.5. The largest absolute Gasteiger partial charge is 0.497 e. The zero-order valence-corrected chi connectivity index (χ0v) is 14.0. The Morgan fingerprint density at radius 3 is 2.84 bits per heavy atom. The lowest BCUT2D eigenvalue weighted by molar-refractivity contribution is -0.115. The van der Waals surface area contributed by atoms with Gasteiger partial charge in [-0.2, -0.15) is 8.78 Å². The van der Waals surface area contributed by atoms with E-state index < -0.39 is 6.61 Å². The highest BCUT2D eigenvalue weighted by Gasteiger charge is 2.11. The van der Waals surface area contributed by atoms with E-state index in [4.69, 9.17) is 4.74 Å². The molecular weight excluding hydrogens is 350 g/mol. The molecule has 3 aromatic rings. The van der Waals surface area contributed by atoms with Gasteiger partial charge in [0.25, 0.3) is 0 Å². The van der Waals surface area contributed by atoms with Gasteiger partial charge in [0.05, 0.1) is 23.7 Å². The topological polar surface area (TPSA) is 60.5 Å². The zero-order chi connectivity index (χ0) is 17.8. The molecule has 3 rings (SSSR count). The van der Waals surface area contributed by atoms with Crippen molar-refractivity contribution in [1.82, 2.24) is 4.98 Å². The molecule has 0 aliphatic carbocycles. The molecule has 0 saturated carbocycles. The van der Waals surface area contributed by atoms with Crippen molar-refractivity contribution in [3.63, 3.8) is 0 Å². The molecule has 25 heavy (non-hydrogen) atoms. The molecule has 1 heterocycles. The second-order valence-electron chi connectivity index (χ2n) is 5.10. The number of amides is 1. The Hall–Kier alpha value is -2.74. The van der Waals surface area contributed by atoms with Crippen molar-refractivity contribution >= 4 is 32.6 Å². The van der Waals surface area contributed by atoms with Crippen LogP contribution in [0.15, 0.2) is 42.5 Å². The average Bonchev–Trinajstić information content (AvgIpc) is 2.95. The van der Waals surface area contributed by atoms with Crippen molar-refractivity contribution in [2.75, 3.05) is 12.4 Å². The van der Waals surface area contributed by atoms with Crippen molar-refractivity contribution in [3.05, 3.63) is 48.0 Å². The standard InChI is InChI=1S/C17H14F2N2O3S/c1-23-11-5-6-13-14(9-11)25-17(20-13)21-15(22)8-10-3-2-4-12(7-10)24-16(18)19/h2-7,9,16H,8H2,1H3,(H,20,21,22). The third-order valence-corrected chi connectivity index (χ3v) is 4.26. The minimum absolute atomic E-state index is 0.0207. The number of rotatable bonds is 6. The van der Waals surface area contributed by atoms with Gasteiger partial charge >= 0.3 is 6.61 Å². The summed E-state index contributed by atoms with van der Waals surface area (Å²) in [6.45, 7) is -2.90. The minimum atomic E-state index is -2.90. The van der Waals surface area contributed by atoms with Crippen LogP contribution in [0.3, 0.4) is 0 Å². The Bertz CT molecular complexity index is 898. The van der Waals surface area contributed by atoms with Crippen molar-refractivity contribution in [2.45, 2.75) is 13.0 Å². The highest BCUT2D eigenvalue weighted by Crippen LogP contribution is 2.29. The number of carbonyl (C=O) groups excluding carboxylic acids is 1. The molecule has 8 heteroatoms. The number of carbonyl (C=O) groups is 1. The lowest BCUT2D eigenvalue weighted by Gasteiger charge is -2.06. The predicted octanol–water partition coefficient (Wildman–Crippen LogP) is 4.09. The molecule has 0 saturated heterocycles. The van der Waals surface area contributed by atoms with Gasteiger partial charge in [0.15, 0.2) is 5.13 Å². The fraction of sp³-hybridized carbons (Fsp3) is 0.176. The van der Waals surface area contributed by atoms with Crippen LogP contribution in [0.25, 0.3) is 10.2 Å². The monoisotopic (exact) mass is 364 g/mol. The molecule has 1 N–H and O–H groups in total. The van der Waals surface area contributed by atoms with Gasteiger partial charge in [0.2, 0.25) is 5.91 Å². The first-order valence-corrected chi connectivity index (χ1v) is 8.13. The maximum atomic E-state index is 12.2. The van der Waals surface area contributed by atoms with Crippen molar-refractivity contribution in [1.29, 1.82) is 0 Å². The highest BCUT2D eigenvalue weighted by atomic mass is 32.1. The molecule has 1 aromatic heterocycles. The minimum Gasteiger partial charge on any atom is -0.497 e. The molecule has 0 bridgehead atoms. The number of nitrogens with one attached hydrogen (secondary N) is 1. The summed E-state index contributed by atoms with van der Waals surface area (Å²) < 4.78 is 34.9. The molecular formula is C17H14F2N2O3S. The Morgan fingerprint density at radius 1 is 1.24 bits per heavy atom. The van der Waals surface area contributed by atoms with Crippen LogP contribution in [0.2, 0.25) is 0 Å². The molecule has 0 unspecified atom stereocenters. The van der Waals surface area contributed by atoms with E-state index in [0.717, 1.165) is 10.2 Å². The van der Waals surface area contributed by atoms with Gasteiger partial charge in [-0.1, -0.05) is 23.5 Å².